The van der Waals surface area contributed by atoms with Gasteiger partial charge in [-0.25, -0.2) is 4.79 Å². The van der Waals surface area contributed by atoms with Crippen molar-refractivity contribution in [2.45, 2.75) is 0 Å². The van der Waals surface area contributed by atoms with Gasteiger partial charge in [-0.05, 0) is 0 Å². The number of ether oxygens (including phenoxy) is 1. The first kappa shape index (κ1) is 8.74. The average Bonchev–Trinajstić information content (AvgIpc) is 1.90. The summed E-state index contributed by atoms with van der Waals surface area (Å²) in [5.74, 6) is -0.928. The molecule has 0 aliphatic carbocycles. The molecule has 0 heterocycles. The van der Waals surface area contributed by atoms with Crippen LogP contribution in [0.25, 0.3) is 0 Å². The third-order valence-electron chi connectivity index (χ3n) is 0.675. The molecule has 0 radical (unpaired) electrons. The SMILES string of the molecule is N#CC(C#N)COC(=O)Cl. The van der Waals surface area contributed by atoms with Gasteiger partial charge in [-0.1, -0.05) is 0 Å². The first-order valence-electron chi connectivity index (χ1n) is 2.32. The molecule has 0 fully saturated rings. The highest BCUT2D eigenvalue weighted by atomic mass is 35.5. The Morgan fingerprint density at radius 2 is 2.10 bits per heavy atom. The van der Waals surface area contributed by atoms with Crippen molar-refractivity contribution in [1.82, 2.24) is 0 Å². The fourth-order valence-corrected chi connectivity index (χ4v) is 0.315. The molecule has 0 rings (SSSR count). The van der Waals surface area contributed by atoms with Crippen LogP contribution in [-0.2, 0) is 4.74 Å². The Morgan fingerprint density at radius 1 is 1.60 bits per heavy atom. The van der Waals surface area contributed by atoms with E-state index in [9.17, 15) is 4.79 Å². The van der Waals surface area contributed by atoms with Crippen LogP contribution in [0.15, 0.2) is 0 Å². The number of nitriles is 2. The largest absolute Gasteiger partial charge is 0.451 e. The van der Waals surface area contributed by atoms with Crippen LogP contribution < -0.4 is 0 Å². The molecule has 0 aliphatic heterocycles. The normalized spacial score (nSPS) is 8.00. The van der Waals surface area contributed by atoms with E-state index in [1.165, 1.54) is 0 Å². The molecule has 0 aliphatic rings. The van der Waals surface area contributed by atoms with Crippen LogP contribution in [0.1, 0.15) is 0 Å². The first-order valence-corrected chi connectivity index (χ1v) is 2.70. The highest BCUT2D eigenvalue weighted by Crippen LogP contribution is 1.95. The lowest BCUT2D eigenvalue weighted by Gasteiger charge is -1.96. The van der Waals surface area contributed by atoms with E-state index in [0.717, 1.165) is 0 Å². The second-order valence-corrected chi connectivity index (χ2v) is 1.67. The van der Waals surface area contributed by atoms with Gasteiger partial charge >= 0.3 is 5.43 Å². The van der Waals surface area contributed by atoms with Crippen molar-refractivity contribution >= 4 is 17.0 Å². The Hall–Kier alpha value is -1.26. The number of hydrogen-bond donors (Lipinski definition) is 0. The molecule has 0 aromatic carbocycles. The van der Waals surface area contributed by atoms with Gasteiger partial charge in [0.25, 0.3) is 0 Å². The predicted octanol–water partition coefficient (Wildman–Crippen LogP) is 1.03. The Labute approximate surface area is 62.6 Å². The van der Waals surface area contributed by atoms with Gasteiger partial charge in [-0.2, -0.15) is 10.5 Å². The molecular weight excluding hydrogens is 156 g/mol. The molecule has 0 saturated heterocycles. The summed E-state index contributed by atoms with van der Waals surface area (Å²) in [7, 11) is 0. The molecule has 0 saturated carbocycles. The summed E-state index contributed by atoms with van der Waals surface area (Å²) in [6.45, 7) is -0.269. The zero-order valence-corrected chi connectivity index (χ0v) is 5.63. The van der Waals surface area contributed by atoms with E-state index >= 15 is 0 Å². The Balaban J connectivity index is 3.61. The van der Waals surface area contributed by atoms with Gasteiger partial charge in [0, 0.05) is 11.6 Å². The smallest absolute Gasteiger partial charge is 0.403 e. The first-order chi connectivity index (χ1) is 4.70. The topological polar surface area (TPSA) is 73.9 Å². The summed E-state index contributed by atoms with van der Waals surface area (Å²) >= 11 is 4.76. The van der Waals surface area contributed by atoms with Crippen LogP contribution >= 0.6 is 11.6 Å². The summed E-state index contributed by atoms with van der Waals surface area (Å²) in [6.07, 6.45) is 0. The molecule has 10 heavy (non-hydrogen) atoms. The van der Waals surface area contributed by atoms with Crippen molar-refractivity contribution in [2.75, 3.05) is 6.61 Å². The molecule has 0 amide bonds. The number of carbonyl (C=O) groups excluding carboxylic acids is 1. The second kappa shape index (κ2) is 4.60. The Morgan fingerprint density at radius 3 is 2.40 bits per heavy atom. The third kappa shape index (κ3) is 3.71. The molecule has 4 nitrogen and oxygen atoms in total. The van der Waals surface area contributed by atoms with Crippen molar-refractivity contribution in [3.05, 3.63) is 0 Å². The average molecular weight is 159 g/mol. The standard InChI is InChI=1S/C5H3ClN2O2/c6-5(9)10-3-4(1-7)2-8/h4H,3H2. The van der Waals surface area contributed by atoms with E-state index in [-0.39, 0.29) is 6.61 Å². The van der Waals surface area contributed by atoms with Crippen LogP contribution in [0.4, 0.5) is 4.79 Å². The van der Waals surface area contributed by atoms with Crippen LogP contribution in [-0.4, -0.2) is 12.0 Å². The summed E-state index contributed by atoms with van der Waals surface area (Å²) in [4.78, 5) is 9.90. The maximum atomic E-state index is 9.90. The molecule has 0 N–H and O–H groups in total. The molecule has 52 valence electrons. The molecule has 0 bridgehead atoms. The molecule has 0 aromatic heterocycles. The number of carbonyl (C=O) groups is 1. The summed E-state index contributed by atoms with van der Waals surface area (Å²) in [6, 6.07) is 3.22. The highest BCUT2D eigenvalue weighted by Gasteiger charge is 2.06. The van der Waals surface area contributed by atoms with Gasteiger partial charge in [0.1, 0.15) is 6.61 Å². The van der Waals surface area contributed by atoms with Crippen LogP contribution in [0.5, 0.6) is 0 Å². The van der Waals surface area contributed by atoms with Crippen molar-refractivity contribution in [3.63, 3.8) is 0 Å². The highest BCUT2D eigenvalue weighted by molar-refractivity contribution is 6.61. The minimum Gasteiger partial charge on any atom is -0.451 e. The number of hydrogen-bond acceptors (Lipinski definition) is 4. The van der Waals surface area contributed by atoms with E-state index < -0.39 is 11.3 Å². The number of halogens is 1. The zero-order valence-electron chi connectivity index (χ0n) is 4.87. The van der Waals surface area contributed by atoms with Gasteiger partial charge in [0.15, 0.2) is 5.92 Å². The molecule has 5 heteroatoms. The van der Waals surface area contributed by atoms with Crippen molar-refractivity contribution < 1.29 is 9.53 Å². The Kier molecular flexibility index (Phi) is 4.02. The third-order valence-corrected chi connectivity index (χ3v) is 0.784. The lowest BCUT2D eigenvalue weighted by atomic mass is 10.2. The van der Waals surface area contributed by atoms with Gasteiger partial charge in [0.2, 0.25) is 0 Å². The fourth-order valence-electron chi connectivity index (χ4n) is 0.252. The van der Waals surface area contributed by atoms with E-state index in [1.807, 2.05) is 0 Å². The van der Waals surface area contributed by atoms with Crippen molar-refractivity contribution in [1.29, 1.82) is 10.5 Å². The summed E-state index contributed by atoms with van der Waals surface area (Å²) < 4.78 is 4.17. The quantitative estimate of drug-likeness (QED) is 0.563. The number of nitrogens with zero attached hydrogens (tertiary/aromatic N) is 2. The van der Waals surface area contributed by atoms with E-state index in [4.69, 9.17) is 22.1 Å². The molecule has 0 aromatic rings. The van der Waals surface area contributed by atoms with Gasteiger partial charge in [-0.3, -0.25) is 0 Å². The fraction of sp³-hybridized carbons (Fsp3) is 0.400. The second-order valence-electron chi connectivity index (χ2n) is 1.36. The van der Waals surface area contributed by atoms with Gasteiger partial charge < -0.3 is 4.74 Å². The lowest BCUT2D eigenvalue weighted by Crippen LogP contribution is -2.06. The van der Waals surface area contributed by atoms with Gasteiger partial charge in [-0.15, -0.1) is 0 Å². The van der Waals surface area contributed by atoms with Crippen LogP contribution in [0.3, 0.4) is 0 Å². The van der Waals surface area contributed by atoms with Gasteiger partial charge in [0.05, 0.1) is 12.1 Å². The predicted molar refractivity (Wildman–Crippen MR) is 31.9 cm³/mol. The minimum atomic E-state index is -1.00. The zero-order chi connectivity index (χ0) is 7.98. The molecule has 0 atom stereocenters. The molecular formula is C5H3ClN2O2. The van der Waals surface area contributed by atoms with Crippen molar-refractivity contribution in [2.24, 2.45) is 5.92 Å². The van der Waals surface area contributed by atoms with E-state index in [2.05, 4.69) is 4.74 Å². The van der Waals surface area contributed by atoms with Crippen LogP contribution in [0, 0.1) is 28.6 Å². The molecule has 0 spiro atoms. The Bertz CT molecular complexity index is 189. The maximum Gasteiger partial charge on any atom is 0.403 e. The lowest BCUT2D eigenvalue weighted by molar-refractivity contribution is 0.169. The molecule has 0 unspecified atom stereocenters. The van der Waals surface area contributed by atoms with E-state index in [1.54, 1.807) is 12.1 Å². The van der Waals surface area contributed by atoms with Crippen LogP contribution in [0.2, 0.25) is 0 Å². The monoisotopic (exact) mass is 158 g/mol. The van der Waals surface area contributed by atoms with E-state index in [0.29, 0.717) is 0 Å². The summed E-state index contributed by atoms with van der Waals surface area (Å²) in [5.41, 5.74) is -1.00. The number of rotatable bonds is 2. The minimum absolute atomic E-state index is 0.269. The maximum absolute atomic E-state index is 9.90. The summed E-state index contributed by atoms with van der Waals surface area (Å²) in [5, 5.41) is 16.3. The van der Waals surface area contributed by atoms with Crippen molar-refractivity contribution in [3.8, 4) is 12.1 Å².